The Bertz CT molecular complexity index is 924. The van der Waals surface area contributed by atoms with Gasteiger partial charge in [0.25, 0.3) is 0 Å². The second-order valence-corrected chi connectivity index (χ2v) is 7.98. The van der Waals surface area contributed by atoms with Gasteiger partial charge in [-0.2, -0.15) is 0 Å². The van der Waals surface area contributed by atoms with Crippen molar-refractivity contribution in [1.29, 1.82) is 0 Å². The minimum Gasteiger partial charge on any atom is -0.378 e. The molecule has 2 aromatic rings. The van der Waals surface area contributed by atoms with Crippen molar-refractivity contribution in [3.8, 4) is 11.3 Å². The molecule has 1 aliphatic heterocycles. The molecule has 5 heteroatoms. The van der Waals surface area contributed by atoms with Crippen molar-refractivity contribution in [2.24, 2.45) is 0 Å². The molecule has 0 bridgehead atoms. The molecule has 2 heterocycles. The maximum absolute atomic E-state index is 14.2. The summed E-state index contributed by atoms with van der Waals surface area (Å²) in [5.74, 6) is 0. The highest BCUT2D eigenvalue weighted by atomic mass is 19.1. The molecule has 0 unspecified atom stereocenters. The highest BCUT2D eigenvalue weighted by Crippen LogP contribution is 2.32. The molecule has 4 nitrogen and oxygen atoms in total. The molecule has 1 N–H and O–H groups in total. The number of allylic oxidation sites excluding steroid dienone is 1. The van der Waals surface area contributed by atoms with Gasteiger partial charge in [-0.05, 0) is 51.0 Å². The lowest BCUT2D eigenvalue weighted by Gasteiger charge is -2.31. The van der Waals surface area contributed by atoms with Crippen LogP contribution in [0.25, 0.3) is 17.0 Å². The monoisotopic (exact) mass is 395 g/mol. The topological polar surface area (TPSA) is 37.4 Å². The van der Waals surface area contributed by atoms with Crippen LogP contribution in [0.15, 0.2) is 49.3 Å². The van der Waals surface area contributed by atoms with Crippen LogP contribution in [0.3, 0.4) is 0 Å². The fourth-order valence-corrected chi connectivity index (χ4v) is 3.41. The summed E-state index contributed by atoms with van der Waals surface area (Å²) in [4.78, 5) is 6.84. The maximum Gasteiger partial charge on any atom is 0.144 e. The van der Waals surface area contributed by atoms with Crippen LogP contribution < -0.4 is 5.32 Å². The maximum atomic E-state index is 14.2. The second kappa shape index (κ2) is 8.37. The number of nitrogens with one attached hydrogen (secondary N) is 1. The molecule has 29 heavy (non-hydrogen) atoms. The quantitative estimate of drug-likeness (QED) is 0.716. The minimum atomic E-state index is -1.51. The molecule has 1 aromatic heterocycles. The lowest BCUT2D eigenvalue weighted by Crippen LogP contribution is -2.34. The second-order valence-electron chi connectivity index (χ2n) is 7.98. The van der Waals surface area contributed by atoms with Crippen LogP contribution in [-0.2, 0) is 4.74 Å². The van der Waals surface area contributed by atoms with Crippen molar-refractivity contribution in [3.63, 3.8) is 0 Å². The van der Waals surface area contributed by atoms with Gasteiger partial charge >= 0.3 is 0 Å². The lowest BCUT2D eigenvalue weighted by molar-refractivity contribution is 0.0640. The van der Waals surface area contributed by atoms with Gasteiger partial charge in [-0.3, -0.25) is 4.98 Å². The van der Waals surface area contributed by atoms with Gasteiger partial charge in [0.1, 0.15) is 5.67 Å². The number of aryl methyl sites for hydroxylation is 1. The summed E-state index contributed by atoms with van der Waals surface area (Å²) in [5.41, 5.74) is 5.78. The Morgan fingerprint density at radius 1 is 1.17 bits per heavy atom. The van der Waals surface area contributed by atoms with Crippen LogP contribution >= 0.6 is 0 Å². The van der Waals surface area contributed by atoms with E-state index in [1.165, 1.54) is 13.8 Å². The molecule has 1 saturated heterocycles. The zero-order valence-corrected chi connectivity index (χ0v) is 17.8. The zero-order chi connectivity index (χ0) is 21.2. The average molecular weight is 396 g/mol. The predicted molar refractivity (Wildman–Crippen MR) is 119 cm³/mol. The molecular formula is C24H30FN3O. The number of alkyl halides is 1. The van der Waals surface area contributed by atoms with Crippen LogP contribution in [0, 0.1) is 13.8 Å². The van der Waals surface area contributed by atoms with E-state index in [9.17, 15) is 4.39 Å². The third-order valence-corrected chi connectivity index (χ3v) is 5.41. The first-order valence-corrected chi connectivity index (χ1v) is 9.92. The van der Waals surface area contributed by atoms with Gasteiger partial charge in [-0.1, -0.05) is 25.3 Å². The van der Waals surface area contributed by atoms with E-state index in [1.54, 1.807) is 6.20 Å². The summed E-state index contributed by atoms with van der Waals surface area (Å²) in [7, 11) is 0. The third-order valence-electron chi connectivity index (χ3n) is 5.41. The lowest BCUT2D eigenvalue weighted by atomic mass is 9.98. The normalized spacial score (nSPS) is 14.6. The van der Waals surface area contributed by atoms with E-state index >= 15 is 0 Å². The Balaban J connectivity index is 1.88. The van der Waals surface area contributed by atoms with E-state index in [1.807, 2.05) is 13.0 Å². The van der Waals surface area contributed by atoms with Crippen LogP contribution in [0.4, 0.5) is 10.1 Å². The number of hydrogen-bond donors (Lipinski definition) is 1. The Labute approximate surface area is 173 Å². The van der Waals surface area contributed by atoms with Gasteiger partial charge in [-0.25, -0.2) is 4.39 Å². The van der Waals surface area contributed by atoms with Gasteiger partial charge in [0.15, 0.2) is 0 Å². The van der Waals surface area contributed by atoms with E-state index in [0.717, 1.165) is 65.6 Å². The first-order valence-electron chi connectivity index (χ1n) is 9.92. The third kappa shape index (κ3) is 4.67. The Morgan fingerprint density at radius 2 is 1.86 bits per heavy atom. The fraction of sp³-hybridized carbons (Fsp3) is 0.375. The van der Waals surface area contributed by atoms with Crippen LogP contribution in [0.1, 0.15) is 30.5 Å². The van der Waals surface area contributed by atoms with Crippen molar-refractivity contribution < 1.29 is 9.13 Å². The summed E-state index contributed by atoms with van der Waals surface area (Å²) < 4.78 is 19.6. The number of nitrogens with zero attached hydrogens (tertiary/aromatic N) is 2. The summed E-state index contributed by atoms with van der Waals surface area (Å²) in [6, 6.07) is 8.15. The van der Waals surface area contributed by atoms with Crippen molar-refractivity contribution >= 4 is 11.4 Å². The van der Waals surface area contributed by atoms with E-state index in [0.29, 0.717) is 5.70 Å². The first kappa shape index (κ1) is 21.1. The molecule has 0 radical (unpaired) electrons. The van der Waals surface area contributed by atoms with E-state index in [-0.39, 0.29) is 0 Å². The molecule has 0 saturated carbocycles. The molecule has 0 spiro atoms. The Hall–Kier alpha value is -2.66. The first-order chi connectivity index (χ1) is 13.7. The molecular weight excluding hydrogens is 365 g/mol. The summed E-state index contributed by atoms with van der Waals surface area (Å²) in [5, 5.41) is 3.11. The number of rotatable bonds is 6. The number of aromatic nitrogens is 1. The van der Waals surface area contributed by atoms with E-state index in [2.05, 4.69) is 53.5 Å². The molecule has 0 amide bonds. The number of ether oxygens (including phenoxy) is 1. The van der Waals surface area contributed by atoms with Gasteiger partial charge in [0, 0.05) is 47.5 Å². The van der Waals surface area contributed by atoms with Gasteiger partial charge < -0.3 is 15.0 Å². The van der Waals surface area contributed by atoms with Gasteiger partial charge in [0.2, 0.25) is 0 Å². The number of benzene rings is 1. The SMILES string of the molecule is C=C(c1ccc(-c2nccc(NC(=C)C(C)(C)F)c2C)cc1C)N1CCOCC1. The van der Waals surface area contributed by atoms with Gasteiger partial charge in [-0.15, -0.1) is 0 Å². The van der Waals surface area contributed by atoms with E-state index < -0.39 is 5.67 Å². The largest absolute Gasteiger partial charge is 0.378 e. The number of pyridine rings is 1. The van der Waals surface area contributed by atoms with Crippen LogP contribution in [0.5, 0.6) is 0 Å². The van der Waals surface area contributed by atoms with Crippen LogP contribution in [-0.4, -0.2) is 41.9 Å². The Morgan fingerprint density at radius 3 is 2.48 bits per heavy atom. The standard InChI is InChI=1S/C24H30FN3O/c1-16-15-20(7-8-21(16)18(3)28-11-13-29-14-12-28)23-17(2)22(9-10-26-23)27-19(4)24(5,6)25/h7-10,15H,3-4,11-14H2,1-2,5-6H3,(H,26,27). The molecule has 154 valence electrons. The Kier molecular flexibility index (Phi) is 6.08. The van der Waals surface area contributed by atoms with E-state index in [4.69, 9.17) is 4.74 Å². The number of hydrogen-bond acceptors (Lipinski definition) is 4. The molecule has 0 atom stereocenters. The molecule has 1 aromatic carbocycles. The van der Waals surface area contributed by atoms with Crippen molar-refractivity contribution in [2.75, 3.05) is 31.6 Å². The highest BCUT2D eigenvalue weighted by molar-refractivity contribution is 5.74. The zero-order valence-electron chi connectivity index (χ0n) is 17.8. The molecule has 1 fully saturated rings. The predicted octanol–water partition coefficient (Wildman–Crippen LogP) is 5.34. The highest BCUT2D eigenvalue weighted by Gasteiger charge is 2.21. The molecule has 3 rings (SSSR count). The summed E-state index contributed by atoms with van der Waals surface area (Å²) in [6.45, 7) is 18.4. The smallest absolute Gasteiger partial charge is 0.144 e. The number of halogens is 1. The molecule has 0 aliphatic carbocycles. The summed E-state index contributed by atoms with van der Waals surface area (Å²) in [6.07, 6.45) is 1.74. The van der Waals surface area contributed by atoms with Crippen molar-refractivity contribution in [1.82, 2.24) is 9.88 Å². The minimum absolute atomic E-state index is 0.325. The average Bonchev–Trinajstić information content (AvgIpc) is 2.69. The summed E-state index contributed by atoms with van der Waals surface area (Å²) >= 11 is 0. The molecule has 1 aliphatic rings. The fourth-order valence-electron chi connectivity index (χ4n) is 3.41. The van der Waals surface area contributed by atoms with Gasteiger partial charge in [0.05, 0.1) is 18.9 Å². The number of anilines is 1. The number of morpholine rings is 1. The van der Waals surface area contributed by atoms with Crippen molar-refractivity contribution in [2.45, 2.75) is 33.4 Å². The van der Waals surface area contributed by atoms with Crippen molar-refractivity contribution in [3.05, 3.63) is 66.0 Å². The van der Waals surface area contributed by atoms with Crippen LogP contribution in [0.2, 0.25) is 0 Å².